The van der Waals surface area contributed by atoms with Crippen molar-refractivity contribution in [1.82, 2.24) is 0 Å². The highest BCUT2D eigenvalue weighted by atomic mass is 32.2. The highest BCUT2D eigenvalue weighted by Gasteiger charge is 2.18. The van der Waals surface area contributed by atoms with Crippen LogP contribution in [0.15, 0.2) is 23.1 Å². The molecule has 6 nitrogen and oxygen atoms in total. The quantitative estimate of drug-likeness (QED) is 0.711. The number of benzene rings is 1. The molecule has 0 saturated carbocycles. The van der Waals surface area contributed by atoms with Crippen LogP contribution in [-0.2, 0) is 14.6 Å². The number of phenolic OH excluding ortho intramolecular Hbond substituents is 1. The number of sulfone groups is 1. The summed E-state index contributed by atoms with van der Waals surface area (Å²) in [5.74, 6) is -0.593. The van der Waals surface area contributed by atoms with Gasteiger partial charge in [0.25, 0.3) is 0 Å². The normalized spacial score (nSPS) is 12.2. The van der Waals surface area contributed by atoms with E-state index in [9.17, 15) is 18.3 Å². The van der Waals surface area contributed by atoms with Gasteiger partial charge in [0, 0.05) is 18.2 Å². The third-order valence-corrected chi connectivity index (χ3v) is 3.40. The molecule has 0 aliphatic rings. The van der Waals surface area contributed by atoms with Crippen LogP contribution in [0.2, 0.25) is 0 Å². The van der Waals surface area contributed by atoms with E-state index in [1.165, 1.54) is 18.2 Å². The molecule has 0 bridgehead atoms. The number of carbonyl (C=O) groups excluding carboxylic acids is 1. The number of anilines is 1. The van der Waals surface area contributed by atoms with Crippen LogP contribution in [-0.4, -0.2) is 31.2 Å². The Morgan fingerprint density at radius 3 is 2.47 bits per heavy atom. The number of nitrogens with one attached hydrogen (secondary N) is 1. The first-order chi connectivity index (χ1) is 8.49. The van der Waals surface area contributed by atoms with E-state index in [4.69, 9.17) is 5.73 Å². The first kappa shape index (κ1) is 15.5. The standard InChI is InChI=1S/C12H18N2O4S/c1-12(2,13)7-11(16)14-9-6-8(19(3,17)18)4-5-10(9)15/h4-6,15H,7,13H2,1-3H3,(H,14,16). The van der Waals surface area contributed by atoms with Crippen molar-refractivity contribution in [2.75, 3.05) is 11.6 Å². The van der Waals surface area contributed by atoms with Crippen molar-refractivity contribution in [2.45, 2.75) is 30.7 Å². The molecule has 4 N–H and O–H groups in total. The Hall–Kier alpha value is -1.60. The average molecular weight is 286 g/mol. The molecule has 7 heteroatoms. The van der Waals surface area contributed by atoms with Crippen molar-refractivity contribution < 1.29 is 18.3 Å². The summed E-state index contributed by atoms with van der Waals surface area (Å²) in [6, 6.07) is 3.71. The topological polar surface area (TPSA) is 109 Å². The molecule has 19 heavy (non-hydrogen) atoms. The van der Waals surface area contributed by atoms with E-state index in [1.54, 1.807) is 13.8 Å². The second-order valence-corrected chi connectivity index (χ2v) is 7.18. The van der Waals surface area contributed by atoms with Crippen molar-refractivity contribution in [3.05, 3.63) is 18.2 Å². The molecule has 0 aromatic heterocycles. The Kier molecular flexibility index (Phi) is 4.21. The van der Waals surface area contributed by atoms with Gasteiger partial charge in [0.05, 0.1) is 10.6 Å². The SMILES string of the molecule is CC(C)(N)CC(=O)Nc1cc(S(C)(=O)=O)ccc1O. The third kappa shape index (κ3) is 4.88. The molecule has 0 fully saturated rings. The van der Waals surface area contributed by atoms with Crippen molar-refractivity contribution in [1.29, 1.82) is 0 Å². The number of aromatic hydroxyl groups is 1. The van der Waals surface area contributed by atoms with Crippen LogP contribution in [0.1, 0.15) is 20.3 Å². The van der Waals surface area contributed by atoms with Crippen LogP contribution >= 0.6 is 0 Å². The molecule has 106 valence electrons. The Labute approximate surface area is 112 Å². The number of hydrogen-bond acceptors (Lipinski definition) is 5. The number of amides is 1. The molecule has 0 radical (unpaired) electrons. The van der Waals surface area contributed by atoms with Gasteiger partial charge in [0.1, 0.15) is 5.75 Å². The largest absolute Gasteiger partial charge is 0.506 e. The van der Waals surface area contributed by atoms with Crippen LogP contribution in [0.25, 0.3) is 0 Å². The maximum Gasteiger partial charge on any atom is 0.226 e. The first-order valence-electron chi connectivity index (χ1n) is 5.61. The molecule has 0 heterocycles. The molecular formula is C12H18N2O4S. The third-order valence-electron chi connectivity index (χ3n) is 2.29. The number of nitrogens with two attached hydrogens (primary N) is 1. The molecule has 1 aromatic carbocycles. The fourth-order valence-corrected chi connectivity index (χ4v) is 2.10. The van der Waals surface area contributed by atoms with Gasteiger partial charge in [-0.3, -0.25) is 4.79 Å². The molecule has 0 saturated heterocycles. The average Bonchev–Trinajstić information content (AvgIpc) is 2.16. The molecule has 0 aliphatic heterocycles. The minimum absolute atomic E-state index is 0.0209. The van der Waals surface area contributed by atoms with E-state index < -0.39 is 21.3 Å². The lowest BCUT2D eigenvalue weighted by atomic mass is 10.0. The van der Waals surface area contributed by atoms with E-state index >= 15 is 0 Å². The number of phenols is 1. The predicted octanol–water partition coefficient (Wildman–Crippen LogP) is 0.862. The highest BCUT2D eigenvalue weighted by Crippen LogP contribution is 2.26. The van der Waals surface area contributed by atoms with Crippen LogP contribution in [0, 0.1) is 0 Å². The van der Waals surface area contributed by atoms with E-state index in [0.29, 0.717) is 0 Å². The van der Waals surface area contributed by atoms with Crippen LogP contribution in [0.3, 0.4) is 0 Å². The summed E-state index contributed by atoms with van der Waals surface area (Å²) >= 11 is 0. The molecule has 1 amide bonds. The van der Waals surface area contributed by atoms with Gasteiger partial charge in [0.2, 0.25) is 5.91 Å². The summed E-state index contributed by atoms with van der Waals surface area (Å²) in [5.41, 5.74) is 5.07. The van der Waals surface area contributed by atoms with Gasteiger partial charge in [-0.05, 0) is 32.0 Å². The fraction of sp³-hybridized carbons (Fsp3) is 0.417. The van der Waals surface area contributed by atoms with Gasteiger partial charge in [-0.15, -0.1) is 0 Å². The lowest BCUT2D eigenvalue weighted by molar-refractivity contribution is -0.117. The molecule has 1 rings (SSSR count). The lowest BCUT2D eigenvalue weighted by Crippen LogP contribution is -2.36. The van der Waals surface area contributed by atoms with E-state index in [0.717, 1.165) is 6.26 Å². The predicted molar refractivity (Wildman–Crippen MR) is 72.7 cm³/mol. The smallest absolute Gasteiger partial charge is 0.226 e. The Morgan fingerprint density at radius 2 is 2.00 bits per heavy atom. The van der Waals surface area contributed by atoms with E-state index in [2.05, 4.69) is 5.32 Å². The van der Waals surface area contributed by atoms with Gasteiger partial charge in [0.15, 0.2) is 9.84 Å². The molecule has 0 spiro atoms. The van der Waals surface area contributed by atoms with E-state index in [1.807, 2.05) is 0 Å². The van der Waals surface area contributed by atoms with Crippen molar-refractivity contribution in [3.8, 4) is 5.75 Å². The Balaban J connectivity index is 2.99. The number of carbonyl (C=O) groups is 1. The van der Waals surface area contributed by atoms with Gasteiger partial charge >= 0.3 is 0 Å². The second kappa shape index (κ2) is 5.18. The van der Waals surface area contributed by atoms with Gasteiger partial charge in [-0.1, -0.05) is 0 Å². The van der Waals surface area contributed by atoms with Crippen LogP contribution in [0.5, 0.6) is 5.75 Å². The van der Waals surface area contributed by atoms with Gasteiger partial charge in [-0.25, -0.2) is 8.42 Å². The van der Waals surface area contributed by atoms with Gasteiger partial charge in [-0.2, -0.15) is 0 Å². The zero-order valence-corrected chi connectivity index (χ0v) is 11.9. The molecule has 1 aromatic rings. The second-order valence-electron chi connectivity index (χ2n) is 5.16. The number of rotatable bonds is 4. The summed E-state index contributed by atoms with van der Waals surface area (Å²) < 4.78 is 22.8. The molecule has 0 atom stereocenters. The van der Waals surface area contributed by atoms with Crippen molar-refractivity contribution in [2.24, 2.45) is 5.73 Å². The zero-order valence-electron chi connectivity index (χ0n) is 11.1. The first-order valence-corrected chi connectivity index (χ1v) is 7.50. The molecule has 0 unspecified atom stereocenters. The molecular weight excluding hydrogens is 268 g/mol. The maximum absolute atomic E-state index is 11.7. The number of hydrogen-bond donors (Lipinski definition) is 3. The van der Waals surface area contributed by atoms with E-state index in [-0.39, 0.29) is 22.8 Å². The monoisotopic (exact) mass is 286 g/mol. The van der Waals surface area contributed by atoms with Crippen LogP contribution in [0.4, 0.5) is 5.69 Å². The highest BCUT2D eigenvalue weighted by molar-refractivity contribution is 7.90. The summed E-state index contributed by atoms with van der Waals surface area (Å²) in [7, 11) is -3.40. The summed E-state index contributed by atoms with van der Waals surface area (Å²) in [6.07, 6.45) is 1.10. The fourth-order valence-electron chi connectivity index (χ4n) is 1.45. The Bertz CT molecular complexity index is 588. The summed E-state index contributed by atoms with van der Waals surface area (Å²) in [6.45, 7) is 3.39. The zero-order chi connectivity index (χ0) is 14.8. The Morgan fingerprint density at radius 1 is 1.42 bits per heavy atom. The van der Waals surface area contributed by atoms with Gasteiger partial charge < -0.3 is 16.2 Å². The lowest BCUT2D eigenvalue weighted by Gasteiger charge is -2.18. The molecule has 0 aliphatic carbocycles. The van der Waals surface area contributed by atoms with Crippen molar-refractivity contribution >= 4 is 21.4 Å². The van der Waals surface area contributed by atoms with Crippen molar-refractivity contribution in [3.63, 3.8) is 0 Å². The summed E-state index contributed by atoms with van der Waals surface area (Å²) in [5, 5.41) is 12.1. The minimum Gasteiger partial charge on any atom is -0.506 e. The summed E-state index contributed by atoms with van der Waals surface area (Å²) in [4.78, 5) is 11.7. The maximum atomic E-state index is 11.7. The van der Waals surface area contributed by atoms with Crippen LogP contribution < -0.4 is 11.1 Å². The minimum atomic E-state index is -3.40.